The Morgan fingerprint density at radius 3 is 2.48 bits per heavy atom. The smallest absolute Gasteiger partial charge is 0.411 e. The normalized spacial score (nSPS) is 24.1. The minimum Gasteiger partial charge on any atom is -0.444 e. The maximum absolute atomic E-state index is 12.6. The van der Waals surface area contributed by atoms with Gasteiger partial charge in [0.05, 0.1) is 6.04 Å². The fourth-order valence-corrected chi connectivity index (χ4v) is 4.49. The Morgan fingerprint density at radius 1 is 1.19 bits per heavy atom. The van der Waals surface area contributed by atoms with Crippen LogP contribution in [-0.2, 0) is 19.0 Å². The monoisotopic (exact) mass is 393 g/mol. The van der Waals surface area contributed by atoms with Crippen LogP contribution >= 0.6 is 0 Å². The molecule has 0 aromatic heterocycles. The van der Waals surface area contributed by atoms with Crippen molar-refractivity contribution in [2.45, 2.75) is 76.0 Å². The van der Waals surface area contributed by atoms with E-state index in [0.29, 0.717) is 6.42 Å². The van der Waals surface area contributed by atoms with Gasteiger partial charge < -0.3 is 8.92 Å². The SMILES string of the molecule is Cc1ccc(S(=O)(=O)OC=C2CC3CCCC2N3C(=O)OC(C)(C)C)cc1. The summed E-state index contributed by atoms with van der Waals surface area (Å²) in [6.45, 7) is 7.41. The van der Waals surface area contributed by atoms with Crippen molar-refractivity contribution < 1.29 is 22.1 Å². The highest BCUT2D eigenvalue weighted by Gasteiger charge is 2.44. The second-order valence-electron chi connectivity index (χ2n) is 8.25. The average Bonchev–Trinajstić information content (AvgIpc) is 2.78. The lowest BCUT2D eigenvalue weighted by Crippen LogP contribution is -2.46. The molecule has 2 aliphatic heterocycles. The quantitative estimate of drug-likeness (QED) is 0.570. The van der Waals surface area contributed by atoms with Crippen LogP contribution in [0.1, 0.15) is 52.0 Å². The maximum atomic E-state index is 12.6. The molecule has 2 saturated heterocycles. The van der Waals surface area contributed by atoms with Crippen LogP contribution < -0.4 is 0 Å². The summed E-state index contributed by atoms with van der Waals surface area (Å²) in [5.41, 5.74) is 1.24. The number of nitrogens with zero attached hydrogens (tertiary/aromatic N) is 1. The van der Waals surface area contributed by atoms with Crippen LogP contribution in [0.25, 0.3) is 0 Å². The summed E-state index contributed by atoms with van der Waals surface area (Å²) in [5, 5.41) is 0. The molecule has 6 nitrogen and oxygen atoms in total. The van der Waals surface area contributed by atoms with E-state index in [0.717, 1.165) is 30.4 Å². The van der Waals surface area contributed by atoms with E-state index in [4.69, 9.17) is 8.92 Å². The van der Waals surface area contributed by atoms with Gasteiger partial charge in [0.2, 0.25) is 0 Å². The van der Waals surface area contributed by atoms with Gasteiger partial charge in [-0.2, -0.15) is 8.42 Å². The van der Waals surface area contributed by atoms with Crippen LogP contribution in [-0.4, -0.2) is 37.1 Å². The number of fused-ring (bicyclic) bond motifs is 2. The van der Waals surface area contributed by atoms with E-state index in [1.807, 2.05) is 27.7 Å². The van der Waals surface area contributed by atoms with Crippen LogP contribution in [0.3, 0.4) is 0 Å². The zero-order valence-corrected chi connectivity index (χ0v) is 17.1. The molecule has 0 N–H and O–H groups in total. The Bertz CT molecular complexity index is 836. The number of hydrogen-bond donors (Lipinski definition) is 0. The molecule has 2 unspecified atom stereocenters. The highest BCUT2D eigenvalue weighted by Crippen LogP contribution is 2.40. The number of ether oxygens (including phenoxy) is 1. The molecular weight excluding hydrogens is 366 g/mol. The number of rotatable bonds is 3. The largest absolute Gasteiger partial charge is 0.444 e. The molecular formula is C20H27NO5S. The zero-order chi connectivity index (χ0) is 19.8. The predicted octanol–water partition coefficient (Wildman–Crippen LogP) is 4.15. The first-order chi connectivity index (χ1) is 12.6. The van der Waals surface area contributed by atoms with Gasteiger partial charge >= 0.3 is 16.2 Å². The molecule has 2 fully saturated rings. The molecule has 0 saturated carbocycles. The molecule has 3 rings (SSSR count). The van der Waals surface area contributed by atoms with Crippen LogP contribution in [0.15, 0.2) is 41.0 Å². The third-order valence-corrected chi connectivity index (χ3v) is 6.08. The summed E-state index contributed by atoms with van der Waals surface area (Å²) >= 11 is 0. The van der Waals surface area contributed by atoms with Gasteiger partial charge in [-0.1, -0.05) is 17.7 Å². The van der Waals surface area contributed by atoms with E-state index in [2.05, 4.69) is 0 Å². The molecule has 148 valence electrons. The van der Waals surface area contributed by atoms with Crippen LogP contribution in [0.4, 0.5) is 4.79 Å². The van der Waals surface area contributed by atoms with E-state index in [1.54, 1.807) is 17.0 Å². The third-order valence-electron chi connectivity index (χ3n) is 4.88. The van der Waals surface area contributed by atoms with E-state index in [9.17, 15) is 13.2 Å². The number of carbonyl (C=O) groups is 1. The Kier molecular flexibility index (Phi) is 5.25. The average molecular weight is 394 g/mol. The third kappa shape index (κ3) is 4.46. The van der Waals surface area contributed by atoms with Crippen LogP contribution in [0.5, 0.6) is 0 Å². The Morgan fingerprint density at radius 2 is 1.85 bits per heavy atom. The molecule has 2 heterocycles. The fourth-order valence-electron chi connectivity index (χ4n) is 3.66. The van der Waals surface area contributed by atoms with Crippen molar-refractivity contribution in [2.75, 3.05) is 0 Å². The van der Waals surface area contributed by atoms with E-state index < -0.39 is 15.7 Å². The second-order valence-corrected chi connectivity index (χ2v) is 9.82. The maximum Gasteiger partial charge on any atom is 0.411 e. The van der Waals surface area contributed by atoms with Crippen molar-refractivity contribution in [3.8, 4) is 0 Å². The van der Waals surface area contributed by atoms with Gasteiger partial charge in [0.1, 0.15) is 16.8 Å². The van der Waals surface area contributed by atoms with Crippen molar-refractivity contribution in [1.29, 1.82) is 0 Å². The molecule has 2 atom stereocenters. The van der Waals surface area contributed by atoms with E-state index in [-0.39, 0.29) is 23.1 Å². The fraction of sp³-hybridized carbons (Fsp3) is 0.550. The Hall–Kier alpha value is -2.02. The molecule has 0 spiro atoms. The number of amides is 1. The summed E-state index contributed by atoms with van der Waals surface area (Å²) in [7, 11) is -3.87. The number of benzene rings is 1. The Balaban J connectivity index is 1.77. The first-order valence-corrected chi connectivity index (χ1v) is 10.7. The minimum absolute atomic E-state index is 0.0375. The van der Waals surface area contributed by atoms with Gasteiger partial charge in [-0.05, 0) is 71.1 Å². The molecule has 1 aromatic carbocycles. The van der Waals surface area contributed by atoms with Gasteiger partial charge in [0.25, 0.3) is 0 Å². The molecule has 27 heavy (non-hydrogen) atoms. The van der Waals surface area contributed by atoms with Crippen molar-refractivity contribution in [3.05, 3.63) is 41.7 Å². The van der Waals surface area contributed by atoms with E-state index in [1.165, 1.54) is 18.4 Å². The number of aryl methyl sites for hydroxylation is 1. The molecule has 2 aliphatic rings. The summed E-state index contributed by atoms with van der Waals surface area (Å²) < 4.78 is 35.6. The van der Waals surface area contributed by atoms with Crippen LogP contribution in [0.2, 0.25) is 0 Å². The second kappa shape index (κ2) is 7.19. The first kappa shape index (κ1) is 19.7. The van der Waals surface area contributed by atoms with Crippen molar-refractivity contribution in [1.82, 2.24) is 4.90 Å². The number of hydrogen-bond acceptors (Lipinski definition) is 5. The number of carbonyl (C=O) groups excluding carboxylic acids is 1. The summed E-state index contributed by atoms with van der Waals surface area (Å²) in [5.74, 6) is 0. The van der Waals surface area contributed by atoms with Gasteiger partial charge in [0.15, 0.2) is 0 Å². The van der Waals surface area contributed by atoms with Gasteiger partial charge in [-0.25, -0.2) is 4.79 Å². The highest BCUT2D eigenvalue weighted by molar-refractivity contribution is 7.86. The zero-order valence-electron chi connectivity index (χ0n) is 16.3. The lowest BCUT2D eigenvalue weighted by Gasteiger charge is -2.35. The van der Waals surface area contributed by atoms with Gasteiger partial charge in [-0.15, -0.1) is 0 Å². The minimum atomic E-state index is -3.87. The predicted molar refractivity (Wildman–Crippen MR) is 102 cm³/mol. The Labute approximate surface area is 161 Å². The van der Waals surface area contributed by atoms with Crippen molar-refractivity contribution in [2.24, 2.45) is 0 Å². The lowest BCUT2D eigenvalue weighted by molar-refractivity contribution is 0.00913. The summed E-state index contributed by atoms with van der Waals surface area (Å²) in [6, 6.07) is 6.40. The molecule has 0 aliphatic carbocycles. The summed E-state index contributed by atoms with van der Waals surface area (Å²) in [6.07, 6.45) is 4.27. The molecule has 7 heteroatoms. The molecule has 0 radical (unpaired) electrons. The molecule has 2 bridgehead atoms. The highest BCUT2D eigenvalue weighted by atomic mass is 32.2. The first-order valence-electron chi connectivity index (χ1n) is 9.27. The van der Waals surface area contributed by atoms with Crippen molar-refractivity contribution >= 4 is 16.2 Å². The molecule has 1 amide bonds. The topological polar surface area (TPSA) is 72.9 Å². The summed E-state index contributed by atoms with van der Waals surface area (Å²) in [4.78, 5) is 14.5. The van der Waals surface area contributed by atoms with Gasteiger partial charge in [0, 0.05) is 6.04 Å². The van der Waals surface area contributed by atoms with E-state index >= 15 is 0 Å². The van der Waals surface area contributed by atoms with Gasteiger partial charge in [-0.3, -0.25) is 4.90 Å². The molecule has 1 aromatic rings. The standard InChI is InChI=1S/C20H27NO5S/c1-14-8-10-17(11-9-14)27(23,24)25-13-15-12-16-6-5-7-18(15)21(16)19(22)26-20(2,3)4/h8-11,13,16,18H,5-7,12H2,1-4H3. The lowest BCUT2D eigenvalue weighted by atomic mass is 10.0. The van der Waals surface area contributed by atoms with Crippen LogP contribution in [0, 0.1) is 6.92 Å². The van der Waals surface area contributed by atoms with Crippen molar-refractivity contribution in [3.63, 3.8) is 0 Å². The number of piperidine rings is 1.